The van der Waals surface area contributed by atoms with Gasteiger partial charge in [0.25, 0.3) is 0 Å². The van der Waals surface area contributed by atoms with Gasteiger partial charge in [-0.25, -0.2) is 0 Å². The van der Waals surface area contributed by atoms with Crippen molar-refractivity contribution in [1.29, 1.82) is 0 Å². The zero-order chi connectivity index (χ0) is 25.3. The van der Waals surface area contributed by atoms with E-state index < -0.39 is 0 Å². The summed E-state index contributed by atoms with van der Waals surface area (Å²) < 4.78 is 6.15. The van der Waals surface area contributed by atoms with Crippen LogP contribution in [0.1, 0.15) is 55.7 Å². The van der Waals surface area contributed by atoms with Gasteiger partial charge in [-0.1, -0.05) is 74.5 Å². The lowest BCUT2D eigenvalue weighted by Gasteiger charge is -2.28. The number of hydrogen-bond donors (Lipinski definition) is 0. The third-order valence-corrected chi connectivity index (χ3v) is 7.51. The Labute approximate surface area is 229 Å². The van der Waals surface area contributed by atoms with Crippen molar-refractivity contribution in [2.45, 2.75) is 52.1 Å². The maximum atomic E-state index is 12.9. The minimum absolute atomic E-state index is 0. The van der Waals surface area contributed by atoms with E-state index in [1.54, 1.807) is 0 Å². The summed E-state index contributed by atoms with van der Waals surface area (Å²) in [5.74, 6) is 1.46. The second-order valence-corrected chi connectivity index (χ2v) is 9.85. The number of fused-ring (bicyclic) bond motifs is 1. The lowest BCUT2D eigenvalue weighted by atomic mass is 9.80. The molecule has 198 valence electrons. The van der Waals surface area contributed by atoms with Gasteiger partial charge >= 0.3 is 0 Å². The predicted molar refractivity (Wildman–Crippen MR) is 156 cm³/mol. The minimum Gasteiger partial charge on any atom is -0.489 e. The number of amides is 1. The number of carbonyl (C=O) groups is 1. The zero-order valence-corrected chi connectivity index (χ0v) is 23.3. The van der Waals surface area contributed by atoms with Gasteiger partial charge in [0.05, 0.1) is 0 Å². The molecule has 3 aromatic rings. The van der Waals surface area contributed by atoms with Gasteiger partial charge in [0.1, 0.15) is 12.4 Å². The first-order valence-electron chi connectivity index (χ1n) is 13.4. The second-order valence-electron chi connectivity index (χ2n) is 9.85. The van der Waals surface area contributed by atoms with Crippen molar-refractivity contribution in [2.75, 3.05) is 33.2 Å². The predicted octanol–water partition coefficient (Wildman–Crippen LogP) is 6.96. The first-order valence-corrected chi connectivity index (χ1v) is 13.4. The highest BCUT2D eigenvalue weighted by atomic mass is 35.5. The van der Waals surface area contributed by atoms with E-state index in [1.165, 1.54) is 22.3 Å². The number of hydrogen-bond acceptors (Lipinski definition) is 3. The number of benzene rings is 3. The summed E-state index contributed by atoms with van der Waals surface area (Å²) in [7, 11) is 1.94. The number of carbonyl (C=O) groups excluding carboxylic acids is 1. The fraction of sp³-hybridized carbons (Fsp3) is 0.406. The van der Waals surface area contributed by atoms with Crippen LogP contribution in [0.15, 0.2) is 72.8 Å². The van der Waals surface area contributed by atoms with Crippen molar-refractivity contribution in [1.82, 2.24) is 9.80 Å². The van der Waals surface area contributed by atoms with Crippen LogP contribution in [0.2, 0.25) is 0 Å². The number of rotatable bonds is 11. The molecule has 0 saturated carbocycles. The lowest BCUT2D eigenvalue weighted by molar-refractivity contribution is -0.130. The normalized spacial score (nSPS) is 14.5. The summed E-state index contributed by atoms with van der Waals surface area (Å²) in [4.78, 5) is 17.2. The van der Waals surface area contributed by atoms with Crippen molar-refractivity contribution in [2.24, 2.45) is 0 Å². The van der Waals surface area contributed by atoms with Crippen molar-refractivity contribution >= 4 is 18.3 Å². The molecule has 1 aliphatic carbocycles. The maximum absolute atomic E-state index is 12.9. The summed E-state index contributed by atoms with van der Waals surface area (Å²) >= 11 is 0. The highest BCUT2D eigenvalue weighted by molar-refractivity contribution is 5.85. The molecule has 0 aromatic heterocycles. The zero-order valence-electron chi connectivity index (χ0n) is 22.5. The number of halogens is 1. The molecule has 0 radical (unpaired) electrons. The van der Waals surface area contributed by atoms with Crippen LogP contribution in [0.3, 0.4) is 0 Å². The van der Waals surface area contributed by atoms with Crippen LogP contribution in [-0.4, -0.2) is 48.9 Å². The van der Waals surface area contributed by atoms with E-state index in [0.717, 1.165) is 56.8 Å². The molecule has 1 unspecified atom stereocenters. The summed E-state index contributed by atoms with van der Waals surface area (Å²) in [6.45, 7) is 8.67. The van der Waals surface area contributed by atoms with Gasteiger partial charge in [0.15, 0.2) is 0 Å². The van der Waals surface area contributed by atoms with Crippen molar-refractivity contribution < 1.29 is 9.53 Å². The molecule has 0 heterocycles. The van der Waals surface area contributed by atoms with Crippen LogP contribution < -0.4 is 4.74 Å². The smallest absolute Gasteiger partial charge is 0.222 e. The van der Waals surface area contributed by atoms with E-state index in [4.69, 9.17) is 4.74 Å². The van der Waals surface area contributed by atoms with Crippen molar-refractivity contribution in [3.63, 3.8) is 0 Å². The molecule has 1 aliphatic rings. The van der Waals surface area contributed by atoms with Gasteiger partial charge in [0.2, 0.25) is 5.91 Å². The molecule has 5 heteroatoms. The Morgan fingerprint density at radius 2 is 1.62 bits per heavy atom. The quantitative estimate of drug-likeness (QED) is 0.274. The van der Waals surface area contributed by atoms with Crippen LogP contribution in [0.5, 0.6) is 5.75 Å². The summed E-state index contributed by atoms with van der Waals surface area (Å²) in [5, 5.41) is 0. The van der Waals surface area contributed by atoms with Crippen LogP contribution in [0.25, 0.3) is 11.1 Å². The average molecular weight is 521 g/mol. The van der Waals surface area contributed by atoms with Crippen molar-refractivity contribution in [3.8, 4) is 16.9 Å². The van der Waals surface area contributed by atoms with Gasteiger partial charge < -0.3 is 14.5 Å². The lowest BCUT2D eigenvalue weighted by Crippen LogP contribution is -2.36. The molecule has 0 aliphatic heterocycles. The Morgan fingerprint density at radius 1 is 0.919 bits per heavy atom. The molecule has 0 bridgehead atoms. The molecule has 0 saturated heterocycles. The molecular formula is C32H41ClN2O2. The molecule has 4 rings (SSSR count). The highest BCUT2D eigenvalue weighted by Gasteiger charge is 2.24. The van der Waals surface area contributed by atoms with Gasteiger partial charge in [-0.2, -0.15) is 0 Å². The van der Waals surface area contributed by atoms with Crippen LogP contribution in [0, 0.1) is 0 Å². The topological polar surface area (TPSA) is 32.8 Å². The molecule has 1 atom stereocenters. The number of nitrogens with zero attached hydrogens (tertiary/aromatic N) is 2. The van der Waals surface area contributed by atoms with E-state index in [9.17, 15) is 4.79 Å². The summed E-state index contributed by atoms with van der Waals surface area (Å²) in [6, 6.07) is 25.5. The van der Waals surface area contributed by atoms with Crippen LogP contribution in [0.4, 0.5) is 0 Å². The third-order valence-electron chi connectivity index (χ3n) is 7.51. The third kappa shape index (κ3) is 7.83. The Hall–Kier alpha value is -2.82. The van der Waals surface area contributed by atoms with E-state index in [0.29, 0.717) is 18.9 Å². The Balaban J connectivity index is 0.00000380. The molecule has 4 nitrogen and oxygen atoms in total. The van der Waals surface area contributed by atoms with E-state index in [-0.39, 0.29) is 18.3 Å². The van der Waals surface area contributed by atoms with Crippen LogP contribution >= 0.6 is 12.4 Å². The molecule has 37 heavy (non-hydrogen) atoms. The largest absolute Gasteiger partial charge is 0.489 e. The van der Waals surface area contributed by atoms with E-state index in [1.807, 2.05) is 18.0 Å². The first kappa shape index (κ1) is 28.7. The number of aryl methyl sites for hydroxylation is 1. The second kappa shape index (κ2) is 14.2. The summed E-state index contributed by atoms with van der Waals surface area (Å²) in [6.07, 6.45) is 3.85. The molecule has 1 amide bonds. The van der Waals surface area contributed by atoms with E-state index >= 15 is 0 Å². The molecule has 3 aromatic carbocycles. The Kier molecular flexibility index (Phi) is 11.0. The van der Waals surface area contributed by atoms with Gasteiger partial charge in [-0.15, -0.1) is 12.4 Å². The maximum Gasteiger partial charge on any atom is 0.222 e. The van der Waals surface area contributed by atoms with Crippen molar-refractivity contribution in [3.05, 3.63) is 89.5 Å². The molecule has 0 spiro atoms. The Bertz CT molecular complexity index is 1110. The highest BCUT2D eigenvalue weighted by Crippen LogP contribution is 2.36. The first-order chi connectivity index (χ1) is 17.6. The SMILES string of the molecule is CCN(CC)CCN(C)C(=O)CC1CCCc2cc(OCc3ccc(-c4ccccc4)cc3)ccc21.Cl. The van der Waals surface area contributed by atoms with Gasteiger partial charge in [0, 0.05) is 26.6 Å². The minimum atomic E-state index is 0. The molecule has 0 fully saturated rings. The molecule has 0 N–H and O–H groups in total. The van der Waals surface area contributed by atoms with E-state index in [2.05, 4.69) is 85.5 Å². The fourth-order valence-corrected chi connectivity index (χ4v) is 5.11. The van der Waals surface area contributed by atoms with Gasteiger partial charge in [-0.3, -0.25) is 4.79 Å². The number of likely N-dealkylation sites (N-methyl/N-ethyl adjacent to an activating group) is 2. The molecular weight excluding hydrogens is 480 g/mol. The Morgan fingerprint density at radius 3 is 2.32 bits per heavy atom. The standard InChI is InChI=1S/C32H40N2O2.ClH/c1-4-34(5-2)21-20-33(3)32(35)23-29-13-9-12-28-22-30(18-19-31(28)29)36-24-25-14-16-27(17-15-25)26-10-7-6-8-11-26;/h6-8,10-11,14-19,22,29H,4-5,9,12-13,20-21,23-24H2,1-3H3;1H. The fourth-order valence-electron chi connectivity index (χ4n) is 5.11. The van der Waals surface area contributed by atoms with Gasteiger partial charge in [-0.05, 0) is 78.2 Å². The van der Waals surface area contributed by atoms with Crippen LogP contribution in [-0.2, 0) is 17.8 Å². The monoisotopic (exact) mass is 520 g/mol. The summed E-state index contributed by atoms with van der Waals surface area (Å²) in [5.41, 5.74) is 6.26. The number of ether oxygens (including phenoxy) is 1. The average Bonchev–Trinajstić information content (AvgIpc) is 2.93.